The normalized spacial score (nSPS) is 11.5. The van der Waals surface area contributed by atoms with Gasteiger partial charge in [0.2, 0.25) is 11.6 Å². The Bertz CT molecular complexity index is 493. The average molecular weight is 262 g/mol. The minimum absolute atomic E-state index is 0.0812. The summed E-state index contributed by atoms with van der Waals surface area (Å²) in [7, 11) is 1.50. The fraction of sp³-hybridized carbons (Fsp3) is 0.500. The first kappa shape index (κ1) is 15.4. The van der Waals surface area contributed by atoms with Gasteiger partial charge in [0.15, 0.2) is 0 Å². The molecule has 0 bridgehead atoms. The molecule has 0 amide bonds. The highest BCUT2D eigenvalue weighted by molar-refractivity contribution is 6.44. The largest absolute Gasteiger partial charge is 0.496 e. The molecule has 0 N–H and O–H groups in total. The molecule has 0 aromatic heterocycles. The van der Waals surface area contributed by atoms with Crippen LogP contribution in [0.1, 0.15) is 50.5 Å². The van der Waals surface area contributed by atoms with E-state index in [4.69, 9.17) is 4.74 Å². The third kappa shape index (κ3) is 3.43. The van der Waals surface area contributed by atoms with Gasteiger partial charge < -0.3 is 4.74 Å². The van der Waals surface area contributed by atoms with E-state index < -0.39 is 5.78 Å². The molecule has 3 nitrogen and oxygen atoms in total. The van der Waals surface area contributed by atoms with Crippen LogP contribution in [-0.2, 0) is 10.2 Å². The third-order valence-electron chi connectivity index (χ3n) is 3.06. The van der Waals surface area contributed by atoms with Crippen molar-refractivity contribution in [3.63, 3.8) is 0 Å². The van der Waals surface area contributed by atoms with Crippen LogP contribution in [0.25, 0.3) is 0 Å². The number of Topliss-reactive ketones (excluding diaryl/α,β-unsaturated/α-hetero) is 2. The molecule has 1 aromatic carbocycles. The van der Waals surface area contributed by atoms with Crippen LogP contribution in [0.5, 0.6) is 5.75 Å². The second-order valence-electron chi connectivity index (χ2n) is 6.01. The Morgan fingerprint density at radius 1 is 1.16 bits per heavy atom. The summed E-state index contributed by atoms with van der Waals surface area (Å²) in [4.78, 5) is 24.1. The van der Waals surface area contributed by atoms with Crippen molar-refractivity contribution in [2.75, 3.05) is 7.11 Å². The van der Waals surface area contributed by atoms with Crippen LogP contribution in [0.3, 0.4) is 0 Å². The molecule has 19 heavy (non-hydrogen) atoms. The molecule has 0 fully saturated rings. The SMILES string of the molecule is COc1ccc(C(C)(C)C)cc1C(=O)C(=O)C(C)C. The molecule has 0 atom stereocenters. The Morgan fingerprint density at radius 3 is 2.16 bits per heavy atom. The van der Waals surface area contributed by atoms with Gasteiger partial charge in [-0.15, -0.1) is 0 Å². The van der Waals surface area contributed by atoms with E-state index in [0.29, 0.717) is 11.3 Å². The number of carbonyl (C=O) groups excluding carboxylic acids is 2. The quantitative estimate of drug-likeness (QED) is 0.617. The molecule has 104 valence electrons. The molecule has 1 rings (SSSR count). The monoisotopic (exact) mass is 262 g/mol. The molecular formula is C16H22O3. The van der Waals surface area contributed by atoms with Gasteiger partial charge in [-0.2, -0.15) is 0 Å². The van der Waals surface area contributed by atoms with Crippen molar-refractivity contribution in [2.24, 2.45) is 5.92 Å². The van der Waals surface area contributed by atoms with E-state index in [1.165, 1.54) is 7.11 Å². The van der Waals surface area contributed by atoms with E-state index in [-0.39, 0.29) is 17.1 Å². The van der Waals surface area contributed by atoms with Crippen molar-refractivity contribution in [1.82, 2.24) is 0 Å². The van der Waals surface area contributed by atoms with E-state index in [1.54, 1.807) is 26.0 Å². The summed E-state index contributed by atoms with van der Waals surface area (Å²) < 4.78 is 5.19. The number of rotatable bonds is 4. The van der Waals surface area contributed by atoms with Crippen LogP contribution >= 0.6 is 0 Å². The fourth-order valence-electron chi connectivity index (χ4n) is 1.75. The smallest absolute Gasteiger partial charge is 0.232 e. The number of carbonyl (C=O) groups is 2. The summed E-state index contributed by atoms with van der Waals surface area (Å²) in [6.07, 6.45) is 0. The van der Waals surface area contributed by atoms with Crippen molar-refractivity contribution in [1.29, 1.82) is 0 Å². The number of methoxy groups -OCH3 is 1. The summed E-state index contributed by atoms with van der Waals surface area (Å²) in [6, 6.07) is 5.44. The first-order valence-electron chi connectivity index (χ1n) is 6.45. The maximum Gasteiger partial charge on any atom is 0.232 e. The van der Waals surface area contributed by atoms with Gasteiger partial charge in [-0.3, -0.25) is 9.59 Å². The van der Waals surface area contributed by atoms with Gasteiger partial charge in [0.05, 0.1) is 12.7 Å². The van der Waals surface area contributed by atoms with E-state index in [0.717, 1.165) is 5.56 Å². The number of hydrogen-bond donors (Lipinski definition) is 0. The average Bonchev–Trinajstić information content (AvgIpc) is 2.34. The van der Waals surface area contributed by atoms with Gasteiger partial charge in [-0.25, -0.2) is 0 Å². The van der Waals surface area contributed by atoms with E-state index >= 15 is 0 Å². The Hall–Kier alpha value is -1.64. The standard InChI is InChI=1S/C16H22O3/c1-10(2)14(17)15(18)12-9-11(16(3,4)5)7-8-13(12)19-6/h7-10H,1-6H3. The number of ketones is 2. The molecule has 0 heterocycles. The molecule has 0 unspecified atom stereocenters. The lowest BCUT2D eigenvalue weighted by molar-refractivity contribution is -0.117. The summed E-state index contributed by atoms with van der Waals surface area (Å²) in [5.41, 5.74) is 1.28. The molecule has 0 aliphatic heterocycles. The van der Waals surface area contributed by atoms with Crippen LogP contribution in [0.15, 0.2) is 18.2 Å². The number of hydrogen-bond acceptors (Lipinski definition) is 3. The minimum atomic E-state index is -0.474. The second-order valence-corrected chi connectivity index (χ2v) is 6.01. The van der Waals surface area contributed by atoms with Crippen LogP contribution in [-0.4, -0.2) is 18.7 Å². The highest BCUT2D eigenvalue weighted by Gasteiger charge is 2.25. The van der Waals surface area contributed by atoms with Crippen molar-refractivity contribution < 1.29 is 14.3 Å². The van der Waals surface area contributed by atoms with Gasteiger partial charge in [0.1, 0.15) is 5.75 Å². The van der Waals surface area contributed by atoms with Crippen LogP contribution in [0, 0.1) is 5.92 Å². The zero-order valence-electron chi connectivity index (χ0n) is 12.5. The van der Waals surface area contributed by atoms with Crippen molar-refractivity contribution >= 4 is 11.6 Å². The molecule has 0 spiro atoms. The van der Waals surface area contributed by atoms with Crippen LogP contribution < -0.4 is 4.74 Å². The lowest BCUT2D eigenvalue weighted by Gasteiger charge is -2.20. The highest BCUT2D eigenvalue weighted by atomic mass is 16.5. The zero-order valence-corrected chi connectivity index (χ0v) is 12.5. The predicted octanol–water partition coefficient (Wildman–Crippen LogP) is 3.40. The molecule has 0 aliphatic rings. The van der Waals surface area contributed by atoms with Crippen molar-refractivity contribution in [3.8, 4) is 5.75 Å². The second kappa shape index (κ2) is 5.55. The zero-order chi connectivity index (χ0) is 14.8. The summed E-state index contributed by atoms with van der Waals surface area (Å²) in [5.74, 6) is -0.718. The summed E-state index contributed by atoms with van der Waals surface area (Å²) in [5, 5.41) is 0. The maximum absolute atomic E-state index is 12.2. The van der Waals surface area contributed by atoms with Gasteiger partial charge in [0, 0.05) is 5.92 Å². The maximum atomic E-state index is 12.2. The molecule has 0 radical (unpaired) electrons. The predicted molar refractivity (Wildman–Crippen MR) is 75.9 cm³/mol. The highest BCUT2D eigenvalue weighted by Crippen LogP contribution is 2.28. The Balaban J connectivity index is 3.32. The van der Waals surface area contributed by atoms with E-state index in [2.05, 4.69) is 20.8 Å². The van der Waals surface area contributed by atoms with Crippen LogP contribution in [0.4, 0.5) is 0 Å². The lowest BCUT2D eigenvalue weighted by atomic mass is 9.85. The topological polar surface area (TPSA) is 43.4 Å². The van der Waals surface area contributed by atoms with Gasteiger partial charge in [-0.05, 0) is 23.1 Å². The Kier molecular flexibility index (Phi) is 4.51. The molecule has 3 heteroatoms. The van der Waals surface area contributed by atoms with Crippen LogP contribution in [0.2, 0.25) is 0 Å². The summed E-state index contributed by atoms with van der Waals surface area (Å²) in [6.45, 7) is 9.63. The van der Waals surface area contributed by atoms with E-state index in [9.17, 15) is 9.59 Å². The lowest BCUT2D eigenvalue weighted by Crippen LogP contribution is -2.21. The van der Waals surface area contributed by atoms with Crippen molar-refractivity contribution in [2.45, 2.75) is 40.0 Å². The molecule has 0 saturated carbocycles. The van der Waals surface area contributed by atoms with Gasteiger partial charge in [0.25, 0.3) is 0 Å². The number of benzene rings is 1. The minimum Gasteiger partial charge on any atom is -0.496 e. The first-order valence-corrected chi connectivity index (χ1v) is 6.45. The number of ether oxygens (including phenoxy) is 1. The first-order chi connectivity index (χ1) is 8.68. The molecule has 0 aliphatic carbocycles. The summed E-state index contributed by atoms with van der Waals surface area (Å²) >= 11 is 0. The van der Waals surface area contributed by atoms with Gasteiger partial charge in [-0.1, -0.05) is 40.7 Å². The molecule has 0 saturated heterocycles. The van der Waals surface area contributed by atoms with E-state index in [1.807, 2.05) is 6.07 Å². The fourth-order valence-corrected chi connectivity index (χ4v) is 1.75. The van der Waals surface area contributed by atoms with Crippen molar-refractivity contribution in [3.05, 3.63) is 29.3 Å². The molecule has 1 aromatic rings. The third-order valence-corrected chi connectivity index (χ3v) is 3.06. The Morgan fingerprint density at radius 2 is 1.74 bits per heavy atom. The Labute approximate surface area is 115 Å². The molecular weight excluding hydrogens is 240 g/mol. The van der Waals surface area contributed by atoms with Gasteiger partial charge >= 0.3 is 0 Å².